The molecule has 1 rings (SSSR count). The maximum Gasteiger partial charge on any atom is 0.340 e. The molecule has 0 atom stereocenters. The summed E-state index contributed by atoms with van der Waals surface area (Å²) >= 11 is 6.13. The number of carbonyl (C=O) groups excluding carboxylic acids is 1. The summed E-state index contributed by atoms with van der Waals surface area (Å²) < 4.78 is 5.22. The van der Waals surface area contributed by atoms with Gasteiger partial charge in [0.1, 0.15) is 6.07 Å². The molecule has 1 aromatic rings. The molecule has 0 saturated heterocycles. The molecule has 14 heavy (non-hydrogen) atoms. The molecule has 0 aliphatic carbocycles. The number of methoxy groups -OCH3 is 1. The maximum absolute atomic E-state index is 11.4. The molecule has 0 unspecified atom stereocenters. The third kappa shape index (κ3) is 2.01. The van der Waals surface area contributed by atoms with E-state index in [1.54, 1.807) is 12.1 Å². The van der Waals surface area contributed by atoms with E-state index in [-0.39, 0.29) is 5.56 Å². The van der Waals surface area contributed by atoms with E-state index in [0.29, 0.717) is 14.0 Å². The summed E-state index contributed by atoms with van der Waals surface area (Å²) in [4.78, 5) is 12.0. The molecular formula is C9H6INO2S. The lowest BCUT2D eigenvalue weighted by molar-refractivity contribution is 0.0599. The van der Waals surface area contributed by atoms with Gasteiger partial charge in [-0.1, -0.05) is 0 Å². The summed E-state index contributed by atoms with van der Waals surface area (Å²) in [6.07, 6.45) is 0. The molecule has 72 valence electrons. The van der Waals surface area contributed by atoms with Gasteiger partial charge in [0, 0.05) is 8.47 Å². The Morgan fingerprint density at radius 1 is 1.64 bits per heavy atom. The second kappa shape index (κ2) is 4.66. The zero-order valence-corrected chi connectivity index (χ0v) is 10.3. The van der Waals surface area contributed by atoms with E-state index in [9.17, 15) is 4.79 Å². The Labute approximate surface area is 101 Å². The standard InChI is InChI=1S/C9H6INO2S/c1-13-9(12)7-5(4-11)2-3-6(14)8(7)10/h2-3,14H,1H3. The van der Waals surface area contributed by atoms with Gasteiger partial charge in [-0.3, -0.25) is 0 Å². The summed E-state index contributed by atoms with van der Waals surface area (Å²) in [6, 6.07) is 5.17. The van der Waals surface area contributed by atoms with Crippen LogP contribution in [0.4, 0.5) is 0 Å². The van der Waals surface area contributed by atoms with Crippen molar-refractivity contribution in [2.45, 2.75) is 4.90 Å². The zero-order chi connectivity index (χ0) is 10.7. The van der Waals surface area contributed by atoms with Gasteiger partial charge in [0.2, 0.25) is 0 Å². The van der Waals surface area contributed by atoms with E-state index < -0.39 is 5.97 Å². The van der Waals surface area contributed by atoms with Gasteiger partial charge < -0.3 is 4.74 Å². The average Bonchev–Trinajstić information content (AvgIpc) is 2.20. The predicted octanol–water partition coefficient (Wildman–Crippen LogP) is 2.24. The lowest BCUT2D eigenvalue weighted by Gasteiger charge is -2.06. The SMILES string of the molecule is COC(=O)c1c(C#N)ccc(S)c1I. The smallest absolute Gasteiger partial charge is 0.340 e. The first-order valence-corrected chi connectivity index (χ1v) is 5.14. The van der Waals surface area contributed by atoms with E-state index in [2.05, 4.69) is 17.4 Å². The molecule has 5 heteroatoms. The number of esters is 1. The van der Waals surface area contributed by atoms with Crippen molar-refractivity contribution in [3.63, 3.8) is 0 Å². The second-order valence-electron chi connectivity index (χ2n) is 2.42. The third-order valence-corrected chi connectivity index (χ3v) is 3.55. The lowest BCUT2D eigenvalue weighted by Crippen LogP contribution is -2.07. The van der Waals surface area contributed by atoms with Gasteiger partial charge in [0.05, 0.1) is 18.2 Å². The number of benzene rings is 1. The topological polar surface area (TPSA) is 50.1 Å². The first-order valence-electron chi connectivity index (χ1n) is 3.61. The van der Waals surface area contributed by atoms with Crippen molar-refractivity contribution in [1.82, 2.24) is 0 Å². The molecule has 0 aliphatic heterocycles. The van der Waals surface area contributed by atoms with Crippen LogP contribution in [0, 0.1) is 14.9 Å². The Morgan fingerprint density at radius 2 is 2.29 bits per heavy atom. The number of nitriles is 1. The van der Waals surface area contributed by atoms with Crippen molar-refractivity contribution < 1.29 is 9.53 Å². The number of carbonyl (C=O) groups is 1. The predicted molar refractivity (Wildman–Crippen MR) is 62.5 cm³/mol. The Kier molecular flexibility index (Phi) is 3.77. The van der Waals surface area contributed by atoms with Gasteiger partial charge in [0.15, 0.2) is 0 Å². The summed E-state index contributed by atoms with van der Waals surface area (Å²) in [5.74, 6) is -0.512. The molecule has 0 saturated carbocycles. The van der Waals surface area contributed by atoms with Crippen LogP contribution in [-0.2, 0) is 4.74 Å². The van der Waals surface area contributed by atoms with E-state index in [1.165, 1.54) is 7.11 Å². The fraction of sp³-hybridized carbons (Fsp3) is 0.111. The van der Waals surface area contributed by atoms with Gasteiger partial charge in [0.25, 0.3) is 0 Å². The van der Waals surface area contributed by atoms with Crippen LogP contribution in [0.25, 0.3) is 0 Å². The fourth-order valence-corrected chi connectivity index (χ4v) is 1.84. The summed E-state index contributed by atoms with van der Waals surface area (Å²) in [5, 5.41) is 8.79. The van der Waals surface area contributed by atoms with Crippen LogP contribution in [0.15, 0.2) is 17.0 Å². The van der Waals surface area contributed by atoms with Crippen LogP contribution in [0.5, 0.6) is 0 Å². The number of rotatable bonds is 1. The molecule has 0 bridgehead atoms. The average molecular weight is 319 g/mol. The number of thiol groups is 1. The highest BCUT2D eigenvalue weighted by molar-refractivity contribution is 14.1. The number of ether oxygens (including phenoxy) is 1. The van der Waals surface area contributed by atoms with Crippen molar-refractivity contribution in [3.05, 3.63) is 26.8 Å². The van der Waals surface area contributed by atoms with Gasteiger partial charge in [-0.2, -0.15) is 5.26 Å². The molecule has 0 fully saturated rings. The Hall–Kier alpha value is -0.740. The van der Waals surface area contributed by atoms with E-state index in [1.807, 2.05) is 28.7 Å². The van der Waals surface area contributed by atoms with Crippen LogP contribution < -0.4 is 0 Å². The van der Waals surface area contributed by atoms with E-state index in [0.717, 1.165) is 0 Å². The molecule has 0 aliphatic rings. The highest BCUT2D eigenvalue weighted by atomic mass is 127. The zero-order valence-electron chi connectivity index (χ0n) is 7.24. The lowest BCUT2D eigenvalue weighted by atomic mass is 10.1. The summed E-state index contributed by atoms with van der Waals surface area (Å²) in [7, 11) is 1.28. The van der Waals surface area contributed by atoms with Crippen LogP contribution in [0.1, 0.15) is 15.9 Å². The van der Waals surface area contributed by atoms with Crippen LogP contribution in [-0.4, -0.2) is 13.1 Å². The van der Waals surface area contributed by atoms with Gasteiger partial charge >= 0.3 is 5.97 Å². The molecule has 0 spiro atoms. The Balaban J connectivity index is 3.45. The van der Waals surface area contributed by atoms with Gasteiger partial charge in [-0.25, -0.2) is 4.79 Å². The van der Waals surface area contributed by atoms with Crippen LogP contribution in [0.3, 0.4) is 0 Å². The number of hydrogen-bond acceptors (Lipinski definition) is 4. The first-order chi connectivity index (χ1) is 6.61. The minimum Gasteiger partial charge on any atom is -0.465 e. The second-order valence-corrected chi connectivity index (χ2v) is 3.99. The van der Waals surface area contributed by atoms with E-state index >= 15 is 0 Å². The largest absolute Gasteiger partial charge is 0.465 e. The molecular weight excluding hydrogens is 313 g/mol. The monoisotopic (exact) mass is 319 g/mol. The molecule has 0 aromatic heterocycles. The fourth-order valence-electron chi connectivity index (χ4n) is 0.960. The van der Waals surface area contributed by atoms with Crippen molar-refractivity contribution >= 4 is 41.2 Å². The molecule has 3 nitrogen and oxygen atoms in total. The highest BCUT2D eigenvalue weighted by Gasteiger charge is 2.17. The van der Waals surface area contributed by atoms with Crippen molar-refractivity contribution in [1.29, 1.82) is 5.26 Å². The van der Waals surface area contributed by atoms with E-state index in [4.69, 9.17) is 5.26 Å². The first kappa shape index (κ1) is 11.3. The molecule has 0 radical (unpaired) electrons. The Bertz CT molecular complexity index is 426. The van der Waals surface area contributed by atoms with Crippen LogP contribution in [0.2, 0.25) is 0 Å². The number of nitrogens with zero attached hydrogens (tertiary/aromatic N) is 1. The molecule has 0 amide bonds. The van der Waals surface area contributed by atoms with Crippen molar-refractivity contribution in [2.75, 3.05) is 7.11 Å². The molecule has 1 aromatic carbocycles. The maximum atomic E-state index is 11.4. The normalized spacial score (nSPS) is 9.29. The summed E-state index contributed by atoms with van der Waals surface area (Å²) in [6.45, 7) is 0. The highest BCUT2D eigenvalue weighted by Crippen LogP contribution is 2.24. The number of hydrogen-bond donors (Lipinski definition) is 1. The number of halogens is 1. The molecule has 0 heterocycles. The minimum absolute atomic E-state index is 0.281. The summed E-state index contributed by atoms with van der Waals surface area (Å²) in [5.41, 5.74) is 0.585. The Morgan fingerprint density at radius 3 is 2.79 bits per heavy atom. The quantitative estimate of drug-likeness (QED) is 0.491. The van der Waals surface area contributed by atoms with Crippen molar-refractivity contribution in [3.8, 4) is 6.07 Å². The minimum atomic E-state index is -0.512. The van der Waals surface area contributed by atoms with Gasteiger partial charge in [-0.05, 0) is 34.7 Å². The van der Waals surface area contributed by atoms with Gasteiger partial charge in [-0.15, -0.1) is 12.6 Å². The van der Waals surface area contributed by atoms with Crippen molar-refractivity contribution in [2.24, 2.45) is 0 Å². The molecule has 0 N–H and O–H groups in total. The van der Waals surface area contributed by atoms with Crippen LogP contribution >= 0.6 is 35.2 Å². The third-order valence-electron chi connectivity index (χ3n) is 1.63.